The molecule has 1 aliphatic carbocycles. The second-order valence-electron chi connectivity index (χ2n) is 6.53. The molecular formula is C20H34F2N2O. The Labute approximate surface area is 151 Å². The summed E-state index contributed by atoms with van der Waals surface area (Å²) in [6, 6.07) is 1.38. The fraction of sp³-hybridized carbons (Fsp3) is 0.700. The summed E-state index contributed by atoms with van der Waals surface area (Å²) in [7, 11) is 0. The summed E-state index contributed by atoms with van der Waals surface area (Å²) in [6.45, 7) is 11.5. The number of rotatable bonds is 6. The summed E-state index contributed by atoms with van der Waals surface area (Å²) in [5.41, 5.74) is 1.02. The lowest BCUT2D eigenvalue weighted by atomic mass is 9.86. The van der Waals surface area contributed by atoms with Crippen LogP contribution >= 0.6 is 0 Å². The third-order valence-corrected chi connectivity index (χ3v) is 4.44. The fourth-order valence-corrected chi connectivity index (χ4v) is 3.56. The summed E-state index contributed by atoms with van der Waals surface area (Å²) >= 11 is 0. The minimum atomic E-state index is -3.09. The van der Waals surface area contributed by atoms with Crippen molar-refractivity contribution < 1.29 is 13.5 Å². The van der Waals surface area contributed by atoms with Gasteiger partial charge in [0, 0.05) is 37.3 Å². The van der Waals surface area contributed by atoms with E-state index in [0.717, 1.165) is 25.6 Å². The molecule has 0 radical (unpaired) electrons. The van der Waals surface area contributed by atoms with Gasteiger partial charge in [0.2, 0.25) is 0 Å². The standard InChI is InChI=1S/C18H28F2N2O.C2H6/c1-4-8-15(9-7-12-23-18(3,19)20)22-13-14(2)21-16-10-5-6-11-17(16)22;1-2/h4,7-9,14,16-17,21H,1,5-6,10-13H2,2-3H3;1-2H3/b9-7-,15-8+;. The zero-order valence-electron chi connectivity index (χ0n) is 16.1. The van der Waals surface area contributed by atoms with Crippen molar-refractivity contribution in [3.8, 4) is 0 Å². The van der Waals surface area contributed by atoms with E-state index in [9.17, 15) is 8.78 Å². The molecule has 144 valence electrons. The molecule has 1 saturated heterocycles. The summed E-state index contributed by atoms with van der Waals surface area (Å²) in [6.07, 6.45) is 9.00. The zero-order valence-corrected chi connectivity index (χ0v) is 16.1. The Hall–Kier alpha value is -1.20. The first-order valence-electron chi connectivity index (χ1n) is 9.44. The van der Waals surface area contributed by atoms with Crippen molar-refractivity contribution in [2.45, 2.75) is 77.6 Å². The van der Waals surface area contributed by atoms with E-state index in [4.69, 9.17) is 0 Å². The van der Waals surface area contributed by atoms with Crippen LogP contribution in [0.25, 0.3) is 0 Å². The van der Waals surface area contributed by atoms with Gasteiger partial charge < -0.3 is 15.0 Å². The molecule has 0 amide bonds. The second-order valence-corrected chi connectivity index (χ2v) is 6.53. The molecule has 2 aliphatic rings. The maximum absolute atomic E-state index is 12.7. The number of ether oxygens (including phenoxy) is 1. The second kappa shape index (κ2) is 10.7. The van der Waals surface area contributed by atoms with Crippen LogP contribution in [0.15, 0.2) is 36.6 Å². The van der Waals surface area contributed by atoms with Crippen molar-refractivity contribution in [2.24, 2.45) is 0 Å². The van der Waals surface area contributed by atoms with Crippen LogP contribution in [0.2, 0.25) is 0 Å². The lowest BCUT2D eigenvalue weighted by Crippen LogP contribution is -2.61. The summed E-state index contributed by atoms with van der Waals surface area (Å²) in [5.74, 6) is 0. The maximum atomic E-state index is 12.7. The largest absolute Gasteiger partial charge is 0.365 e. The van der Waals surface area contributed by atoms with Gasteiger partial charge in [0.05, 0.1) is 6.61 Å². The molecule has 1 aliphatic heterocycles. The number of nitrogens with zero attached hydrogens (tertiary/aromatic N) is 1. The molecule has 3 nitrogen and oxygen atoms in total. The van der Waals surface area contributed by atoms with Gasteiger partial charge in [-0.05, 0) is 31.9 Å². The molecule has 3 atom stereocenters. The molecule has 0 aromatic heterocycles. The van der Waals surface area contributed by atoms with Gasteiger partial charge in [0.1, 0.15) is 0 Å². The number of hydrogen-bond donors (Lipinski definition) is 1. The molecule has 1 N–H and O–H groups in total. The lowest BCUT2D eigenvalue weighted by Gasteiger charge is -2.48. The summed E-state index contributed by atoms with van der Waals surface area (Å²) in [5, 5.41) is 3.69. The molecule has 1 saturated carbocycles. The van der Waals surface area contributed by atoms with E-state index in [1.165, 1.54) is 19.3 Å². The van der Waals surface area contributed by atoms with Crippen molar-refractivity contribution in [3.63, 3.8) is 0 Å². The predicted octanol–water partition coefficient (Wildman–Crippen LogP) is 4.87. The molecule has 0 spiro atoms. The summed E-state index contributed by atoms with van der Waals surface area (Å²) < 4.78 is 29.9. The van der Waals surface area contributed by atoms with Crippen LogP contribution in [0, 0.1) is 0 Å². The average molecular weight is 357 g/mol. The van der Waals surface area contributed by atoms with Crippen LogP contribution < -0.4 is 5.32 Å². The smallest absolute Gasteiger partial charge is 0.353 e. The van der Waals surface area contributed by atoms with Gasteiger partial charge >= 0.3 is 6.11 Å². The minimum absolute atomic E-state index is 0.103. The highest BCUT2D eigenvalue weighted by atomic mass is 19.3. The van der Waals surface area contributed by atoms with E-state index in [1.54, 1.807) is 12.2 Å². The van der Waals surface area contributed by atoms with Crippen molar-refractivity contribution in [3.05, 3.63) is 36.6 Å². The minimum Gasteiger partial charge on any atom is -0.365 e. The van der Waals surface area contributed by atoms with Gasteiger partial charge in [-0.25, -0.2) is 0 Å². The molecule has 1 heterocycles. The van der Waals surface area contributed by atoms with Crippen molar-refractivity contribution in [1.29, 1.82) is 0 Å². The monoisotopic (exact) mass is 356 g/mol. The number of allylic oxidation sites excluding steroid dienone is 3. The molecule has 2 fully saturated rings. The zero-order chi connectivity index (χ0) is 18.9. The van der Waals surface area contributed by atoms with E-state index in [1.807, 2.05) is 26.0 Å². The summed E-state index contributed by atoms with van der Waals surface area (Å²) in [4.78, 5) is 2.40. The molecule has 0 bridgehead atoms. The topological polar surface area (TPSA) is 24.5 Å². The third-order valence-electron chi connectivity index (χ3n) is 4.44. The first kappa shape index (κ1) is 21.8. The molecule has 5 heteroatoms. The highest BCUT2D eigenvalue weighted by molar-refractivity contribution is 5.24. The highest BCUT2D eigenvalue weighted by Gasteiger charge is 2.35. The van der Waals surface area contributed by atoms with Gasteiger partial charge in [0.25, 0.3) is 0 Å². The number of hydrogen-bond acceptors (Lipinski definition) is 3. The van der Waals surface area contributed by atoms with Crippen LogP contribution in [0.1, 0.15) is 53.4 Å². The highest BCUT2D eigenvalue weighted by Crippen LogP contribution is 2.30. The van der Waals surface area contributed by atoms with Crippen molar-refractivity contribution in [1.82, 2.24) is 10.2 Å². The van der Waals surface area contributed by atoms with Gasteiger partial charge in [-0.15, -0.1) is 0 Å². The van der Waals surface area contributed by atoms with E-state index >= 15 is 0 Å². The van der Waals surface area contributed by atoms with Crippen LogP contribution in [0.3, 0.4) is 0 Å². The third kappa shape index (κ3) is 7.28. The quantitative estimate of drug-likeness (QED) is 0.687. The fourth-order valence-electron chi connectivity index (χ4n) is 3.56. The molecule has 25 heavy (non-hydrogen) atoms. The number of fused-ring (bicyclic) bond motifs is 1. The maximum Gasteiger partial charge on any atom is 0.353 e. The number of alkyl halides is 2. The molecule has 0 aromatic rings. The van der Waals surface area contributed by atoms with Crippen LogP contribution in [-0.2, 0) is 4.74 Å². The Morgan fingerprint density at radius 2 is 2.00 bits per heavy atom. The van der Waals surface area contributed by atoms with Crippen LogP contribution in [0.5, 0.6) is 0 Å². The molecule has 0 aromatic carbocycles. The number of halogens is 2. The first-order chi connectivity index (χ1) is 11.9. The van der Waals surface area contributed by atoms with Gasteiger partial charge in [0.15, 0.2) is 0 Å². The molecular weight excluding hydrogens is 322 g/mol. The number of nitrogens with one attached hydrogen (secondary N) is 1. The first-order valence-corrected chi connectivity index (χ1v) is 9.44. The molecule has 3 unspecified atom stereocenters. The Morgan fingerprint density at radius 1 is 1.32 bits per heavy atom. The average Bonchev–Trinajstić information content (AvgIpc) is 2.58. The SMILES string of the molecule is C=C/C=C(\C=C/COC(C)(F)F)N1CC(C)NC2CCCCC21.CC. The Morgan fingerprint density at radius 3 is 2.64 bits per heavy atom. The van der Waals surface area contributed by atoms with Crippen LogP contribution in [-0.4, -0.2) is 42.3 Å². The van der Waals surface area contributed by atoms with Gasteiger partial charge in [-0.2, -0.15) is 8.78 Å². The Bertz CT molecular complexity index is 457. The normalized spacial score (nSPS) is 27.5. The molecule has 2 rings (SSSR count). The van der Waals surface area contributed by atoms with Crippen LogP contribution in [0.4, 0.5) is 8.78 Å². The van der Waals surface area contributed by atoms with E-state index in [2.05, 4.69) is 28.5 Å². The van der Waals surface area contributed by atoms with Gasteiger partial charge in [-0.3, -0.25) is 0 Å². The van der Waals surface area contributed by atoms with Crippen molar-refractivity contribution in [2.75, 3.05) is 13.2 Å². The lowest BCUT2D eigenvalue weighted by molar-refractivity contribution is -0.216. The van der Waals surface area contributed by atoms with E-state index in [-0.39, 0.29) is 6.61 Å². The van der Waals surface area contributed by atoms with Crippen molar-refractivity contribution >= 4 is 0 Å². The predicted molar refractivity (Wildman–Crippen MR) is 101 cm³/mol. The van der Waals surface area contributed by atoms with E-state index < -0.39 is 6.11 Å². The number of piperazine rings is 1. The Balaban J connectivity index is 0.00000151. The van der Waals surface area contributed by atoms with Gasteiger partial charge in [-0.1, -0.05) is 45.4 Å². The van der Waals surface area contributed by atoms with E-state index in [0.29, 0.717) is 18.1 Å². The Kier molecular flexibility index (Phi) is 9.36.